The Morgan fingerprint density at radius 3 is 2.64 bits per heavy atom. The van der Waals surface area contributed by atoms with Gasteiger partial charge in [-0.05, 0) is 30.0 Å². The van der Waals surface area contributed by atoms with Crippen LogP contribution in [0.3, 0.4) is 0 Å². The van der Waals surface area contributed by atoms with Crippen molar-refractivity contribution in [1.29, 1.82) is 0 Å². The maximum Gasteiger partial charge on any atom is 0.231 e. The molecule has 1 amide bonds. The molecule has 4 rings (SSSR count). The quantitative estimate of drug-likeness (QED) is 0.652. The number of anilines is 2. The van der Waals surface area contributed by atoms with Crippen molar-refractivity contribution in [3.8, 4) is 11.1 Å². The Hall–Kier alpha value is -3.29. The highest BCUT2D eigenvalue weighted by Crippen LogP contribution is 2.47. The van der Waals surface area contributed by atoms with Crippen molar-refractivity contribution < 1.29 is 18.1 Å². The van der Waals surface area contributed by atoms with E-state index in [1.54, 1.807) is 30.3 Å². The fraction of sp³-hybridized carbons (Fsp3) is 0.250. The number of nitrogen functional groups attached to an aromatic ring is 1. The summed E-state index contributed by atoms with van der Waals surface area (Å²) in [7, 11) is 0. The number of amides is 1. The SMILES string of the molecule is CC1(c2cc(NC(=O)Cc3ccc(-c4cc(F)c(N)nc4F)cc3)on2)CC1. The van der Waals surface area contributed by atoms with E-state index in [2.05, 4.69) is 22.4 Å². The Morgan fingerprint density at radius 1 is 1.25 bits per heavy atom. The van der Waals surface area contributed by atoms with Gasteiger partial charge >= 0.3 is 0 Å². The zero-order valence-electron chi connectivity index (χ0n) is 15.1. The van der Waals surface area contributed by atoms with Crippen molar-refractivity contribution in [3.05, 3.63) is 59.4 Å². The second-order valence-corrected chi connectivity index (χ2v) is 7.25. The standard InChI is InChI=1S/C20H18F2N4O2/c1-20(6-7-20)15-10-17(28-26-15)24-16(27)8-11-2-4-12(5-3-11)13-9-14(21)19(23)25-18(13)22/h2-5,9-10H,6-8H2,1H3,(H2,23,25)(H,24,27). The lowest BCUT2D eigenvalue weighted by Crippen LogP contribution is -2.13. The van der Waals surface area contributed by atoms with Crippen LogP contribution in [0.25, 0.3) is 11.1 Å². The van der Waals surface area contributed by atoms with Crippen molar-refractivity contribution in [2.75, 3.05) is 11.1 Å². The summed E-state index contributed by atoms with van der Waals surface area (Å²) in [6.07, 6.45) is 2.23. The van der Waals surface area contributed by atoms with Crippen molar-refractivity contribution >= 4 is 17.6 Å². The van der Waals surface area contributed by atoms with E-state index in [-0.39, 0.29) is 23.3 Å². The molecular formula is C20H18F2N4O2. The highest BCUT2D eigenvalue weighted by Gasteiger charge is 2.42. The van der Waals surface area contributed by atoms with Gasteiger partial charge in [-0.3, -0.25) is 10.1 Å². The molecule has 3 aromatic rings. The summed E-state index contributed by atoms with van der Waals surface area (Å²) < 4.78 is 32.7. The van der Waals surface area contributed by atoms with E-state index in [4.69, 9.17) is 10.3 Å². The Kier molecular flexibility index (Phi) is 4.33. The van der Waals surface area contributed by atoms with E-state index in [0.29, 0.717) is 17.0 Å². The molecule has 6 nitrogen and oxygen atoms in total. The summed E-state index contributed by atoms with van der Waals surface area (Å²) in [5.74, 6) is -2.07. The lowest BCUT2D eigenvalue weighted by molar-refractivity contribution is -0.115. The highest BCUT2D eigenvalue weighted by atomic mass is 19.1. The Labute approximate surface area is 159 Å². The van der Waals surface area contributed by atoms with Gasteiger partial charge in [-0.1, -0.05) is 36.3 Å². The molecule has 2 aromatic heterocycles. The summed E-state index contributed by atoms with van der Waals surface area (Å²) in [5, 5.41) is 6.68. The van der Waals surface area contributed by atoms with Crippen LogP contribution in [-0.4, -0.2) is 16.0 Å². The molecule has 28 heavy (non-hydrogen) atoms. The third-order valence-corrected chi connectivity index (χ3v) is 4.98. The fourth-order valence-corrected chi connectivity index (χ4v) is 2.91. The maximum atomic E-state index is 13.9. The summed E-state index contributed by atoms with van der Waals surface area (Å²) in [6, 6.07) is 9.28. The van der Waals surface area contributed by atoms with Crippen LogP contribution in [-0.2, 0) is 16.6 Å². The number of hydrogen-bond donors (Lipinski definition) is 2. The molecule has 1 fully saturated rings. The summed E-state index contributed by atoms with van der Waals surface area (Å²) in [6.45, 7) is 2.10. The lowest BCUT2D eigenvalue weighted by atomic mass is 10.0. The molecule has 0 saturated heterocycles. The van der Waals surface area contributed by atoms with E-state index in [9.17, 15) is 13.6 Å². The van der Waals surface area contributed by atoms with Gasteiger partial charge in [-0.2, -0.15) is 9.37 Å². The van der Waals surface area contributed by atoms with Gasteiger partial charge in [0.1, 0.15) is 0 Å². The average Bonchev–Trinajstić information content (AvgIpc) is 3.22. The van der Waals surface area contributed by atoms with Crippen LogP contribution in [0.15, 0.2) is 40.9 Å². The number of halogens is 2. The van der Waals surface area contributed by atoms with Gasteiger partial charge in [0.25, 0.3) is 0 Å². The van der Waals surface area contributed by atoms with Crippen LogP contribution >= 0.6 is 0 Å². The monoisotopic (exact) mass is 384 g/mol. The van der Waals surface area contributed by atoms with E-state index in [0.717, 1.165) is 24.6 Å². The average molecular weight is 384 g/mol. The predicted molar refractivity (Wildman–Crippen MR) is 99.4 cm³/mol. The van der Waals surface area contributed by atoms with Crippen molar-refractivity contribution in [3.63, 3.8) is 0 Å². The molecule has 3 N–H and O–H groups in total. The minimum Gasteiger partial charge on any atom is -0.381 e. The zero-order valence-corrected chi connectivity index (χ0v) is 15.1. The number of hydrogen-bond acceptors (Lipinski definition) is 5. The molecule has 144 valence electrons. The topological polar surface area (TPSA) is 94.0 Å². The highest BCUT2D eigenvalue weighted by molar-refractivity contribution is 5.91. The molecule has 1 aliphatic carbocycles. The van der Waals surface area contributed by atoms with Crippen LogP contribution in [0.5, 0.6) is 0 Å². The number of nitrogens with zero attached hydrogens (tertiary/aromatic N) is 2. The summed E-state index contributed by atoms with van der Waals surface area (Å²) in [5.41, 5.74) is 7.31. The number of nitrogens with two attached hydrogens (primary N) is 1. The fourth-order valence-electron chi connectivity index (χ4n) is 2.91. The number of pyridine rings is 1. The molecule has 0 bridgehead atoms. The minimum atomic E-state index is -0.852. The van der Waals surface area contributed by atoms with E-state index < -0.39 is 17.6 Å². The number of carbonyl (C=O) groups excluding carboxylic acids is 1. The minimum absolute atomic E-state index is 0.00506. The Bertz CT molecular complexity index is 1040. The molecule has 0 atom stereocenters. The second-order valence-electron chi connectivity index (χ2n) is 7.25. The number of benzene rings is 1. The first-order valence-electron chi connectivity index (χ1n) is 8.82. The van der Waals surface area contributed by atoms with Gasteiger partial charge in [-0.25, -0.2) is 4.39 Å². The third-order valence-electron chi connectivity index (χ3n) is 4.98. The number of nitrogens with one attached hydrogen (secondary N) is 1. The number of carbonyl (C=O) groups is 1. The molecule has 8 heteroatoms. The Balaban J connectivity index is 1.42. The van der Waals surface area contributed by atoms with Crippen molar-refractivity contribution in [2.45, 2.75) is 31.6 Å². The first kappa shape index (κ1) is 18.1. The van der Waals surface area contributed by atoms with Gasteiger partial charge in [-0.15, -0.1) is 0 Å². The molecule has 0 unspecified atom stereocenters. The molecule has 1 aromatic carbocycles. The van der Waals surface area contributed by atoms with E-state index in [1.807, 2.05) is 0 Å². The summed E-state index contributed by atoms with van der Waals surface area (Å²) >= 11 is 0. The molecule has 0 radical (unpaired) electrons. The van der Waals surface area contributed by atoms with Crippen LogP contribution in [0, 0.1) is 11.8 Å². The Morgan fingerprint density at radius 2 is 1.96 bits per heavy atom. The first-order chi connectivity index (χ1) is 13.3. The largest absolute Gasteiger partial charge is 0.381 e. The van der Waals surface area contributed by atoms with Gasteiger partial charge in [0, 0.05) is 17.0 Å². The van der Waals surface area contributed by atoms with Crippen molar-refractivity contribution in [1.82, 2.24) is 10.1 Å². The van der Waals surface area contributed by atoms with Crippen LogP contribution < -0.4 is 11.1 Å². The zero-order chi connectivity index (χ0) is 19.9. The van der Waals surface area contributed by atoms with Crippen molar-refractivity contribution in [2.24, 2.45) is 0 Å². The van der Waals surface area contributed by atoms with Gasteiger partial charge in [0.05, 0.1) is 12.1 Å². The van der Waals surface area contributed by atoms with Gasteiger partial charge < -0.3 is 10.3 Å². The van der Waals surface area contributed by atoms with E-state index in [1.165, 1.54) is 0 Å². The molecular weight excluding hydrogens is 366 g/mol. The maximum absolute atomic E-state index is 13.9. The first-order valence-corrected chi connectivity index (χ1v) is 8.82. The number of aromatic nitrogens is 2. The van der Waals surface area contributed by atoms with Gasteiger partial charge in [0.15, 0.2) is 11.6 Å². The van der Waals surface area contributed by atoms with Crippen LogP contribution in [0.1, 0.15) is 31.0 Å². The molecule has 2 heterocycles. The van der Waals surface area contributed by atoms with Crippen LogP contribution in [0.4, 0.5) is 20.5 Å². The smallest absolute Gasteiger partial charge is 0.231 e. The molecule has 1 aliphatic rings. The lowest BCUT2D eigenvalue weighted by Gasteiger charge is -2.06. The third kappa shape index (κ3) is 3.58. The molecule has 0 aliphatic heterocycles. The number of rotatable bonds is 5. The molecule has 1 saturated carbocycles. The molecule has 0 spiro atoms. The summed E-state index contributed by atoms with van der Waals surface area (Å²) in [4.78, 5) is 15.6. The normalized spacial score (nSPS) is 14.7. The second kappa shape index (κ2) is 6.70. The van der Waals surface area contributed by atoms with Gasteiger partial charge in [0.2, 0.25) is 17.7 Å². The van der Waals surface area contributed by atoms with E-state index >= 15 is 0 Å². The predicted octanol–water partition coefficient (Wildman–Crippen LogP) is 3.83. The van der Waals surface area contributed by atoms with Crippen LogP contribution in [0.2, 0.25) is 0 Å².